The molecule has 0 aliphatic carbocycles. The molecule has 0 atom stereocenters. The third kappa shape index (κ3) is 29.5. The SMILES string of the molecule is [2H]C([2H])(CCCCCCCCCCCCCCC)OC(=O)CCCCCCCCCCCCCCC. The fourth-order valence-electron chi connectivity index (χ4n) is 4.68. The molecule has 0 bridgehead atoms. The maximum atomic E-state index is 12.0. The van der Waals surface area contributed by atoms with Crippen LogP contribution >= 0.6 is 0 Å². The Morgan fingerprint density at radius 2 is 0.706 bits per heavy atom. The van der Waals surface area contributed by atoms with Crippen LogP contribution in [0.2, 0.25) is 0 Å². The van der Waals surface area contributed by atoms with E-state index in [1.165, 1.54) is 141 Å². The van der Waals surface area contributed by atoms with Crippen LogP contribution in [0, 0.1) is 0 Å². The van der Waals surface area contributed by atoms with E-state index in [-0.39, 0.29) is 5.97 Å². The summed E-state index contributed by atoms with van der Waals surface area (Å²) in [6.45, 7) is 2.73. The lowest BCUT2D eigenvalue weighted by atomic mass is 10.0. The largest absolute Gasteiger partial charge is 0.466 e. The molecule has 0 aromatic carbocycles. The van der Waals surface area contributed by atoms with Crippen molar-refractivity contribution in [3.8, 4) is 0 Å². The number of ether oxygens (including phenoxy) is 1. The molecular formula is C32H64O2. The molecular weight excluding hydrogens is 416 g/mol. The van der Waals surface area contributed by atoms with Crippen LogP contribution in [0.1, 0.15) is 196 Å². The van der Waals surface area contributed by atoms with Crippen molar-refractivity contribution in [3.05, 3.63) is 0 Å². The van der Waals surface area contributed by atoms with Gasteiger partial charge in [0.05, 0.1) is 9.30 Å². The first-order valence-corrected chi connectivity index (χ1v) is 15.7. The monoisotopic (exact) mass is 483 g/mol. The molecule has 0 saturated carbocycles. The molecule has 0 N–H and O–H groups in total. The Morgan fingerprint density at radius 1 is 0.441 bits per heavy atom. The van der Waals surface area contributed by atoms with Crippen molar-refractivity contribution in [3.63, 3.8) is 0 Å². The number of rotatable bonds is 29. The maximum absolute atomic E-state index is 12.0. The van der Waals surface area contributed by atoms with E-state index < -0.39 is 6.56 Å². The molecule has 0 aromatic rings. The second-order valence-electron chi connectivity index (χ2n) is 10.6. The van der Waals surface area contributed by atoms with Gasteiger partial charge in [-0.15, -0.1) is 0 Å². The van der Waals surface area contributed by atoms with Gasteiger partial charge in [-0.3, -0.25) is 4.79 Å². The number of carbonyl (C=O) groups is 1. The van der Waals surface area contributed by atoms with E-state index in [0.29, 0.717) is 12.8 Å². The van der Waals surface area contributed by atoms with Crippen molar-refractivity contribution in [2.24, 2.45) is 0 Å². The number of hydrogen-bond acceptors (Lipinski definition) is 2. The van der Waals surface area contributed by atoms with Gasteiger partial charge < -0.3 is 4.74 Å². The third-order valence-corrected chi connectivity index (χ3v) is 7.05. The molecule has 0 aliphatic heterocycles. The predicted molar refractivity (Wildman–Crippen MR) is 152 cm³/mol. The molecule has 0 heterocycles. The van der Waals surface area contributed by atoms with Crippen LogP contribution in [-0.4, -0.2) is 12.5 Å². The summed E-state index contributed by atoms with van der Waals surface area (Å²) in [5, 5.41) is 0. The average Bonchev–Trinajstić information content (AvgIpc) is 2.84. The summed E-state index contributed by atoms with van der Waals surface area (Å²) in [5.74, 6) is -0.363. The van der Waals surface area contributed by atoms with E-state index in [1.807, 2.05) is 0 Å². The first kappa shape index (κ1) is 29.7. The number of carbonyl (C=O) groups excluding carboxylic acids is 1. The van der Waals surface area contributed by atoms with Crippen LogP contribution in [0.4, 0.5) is 0 Å². The van der Waals surface area contributed by atoms with Gasteiger partial charge in [-0.1, -0.05) is 174 Å². The van der Waals surface area contributed by atoms with E-state index in [9.17, 15) is 4.79 Å². The summed E-state index contributed by atoms with van der Waals surface area (Å²) < 4.78 is 21.2. The first-order valence-electron chi connectivity index (χ1n) is 16.7. The molecule has 2 nitrogen and oxygen atoms in total. The van der Waals surface area contributed by atoms with Crippen molar-refractivity contribution in [1.29, 1.82) is 0 Å². The van der Waals surface area contributed by atoms with E-state index >= 15 is 0 Å². The lowest BCUT2D eigenvalue weighted by Crippen LogP contribution is -2.05. The lowest BCUT2D eigenvalue weighted by molar-refractivity contribution is -0.143. The highest BCUT2D eigenvalue weighted by atomic mass is 16.5. The van der Waals surface area contributed by atoms with Gasteiger partial charge in [0.1, 0.15) is 0 Å². The zero-order valence-corrected chi connectivity index (χ0v) is 23.6. The van der Waals surface area contributed by atoms with Gasteiger partial charge in [0.15, 0.2) is 0 Å². The molecule has 2 heteroatoms. The highest BCUT2D eigenvalue weighted by Gasteiger charge is 2.02. The summed E-state index contributed by atoms with van der Waals surface area (Å²) in [6.07, 6.45) is 33.9. The molecule has 0 unspecified atom stereocenters. The third-order valence-electron chi connectivity index (χ3n) is 7.05. The van der Waals surface area contributed by atoms with Gasteiger partial charge in [-0.2, -0.15) is 0 Å². The highest BCUT2D eigenvalue weighted by Crippen LogP contribution is 2.14. The van der Waals surface area contributed by atoms with Gasteiger partial charge in [0.25, 0.3) is 0 Å². The van der Waals surface area contributed by atoms with Gasteiger partial charge in [-0.25, -0.2) is 0 Å². The molecule has 0 fully saturated rings. The maximum Gasteiger partial charge on any atom is 0.305 e. The number of hydrogen-bond donors (Lipinski definition) is 0. The Balaban J connectivity index is 3.43. The number of unbranched alkanes of at least 4 members (excludes halogenated alkanes) is 24. The molecule has 0 spiro atoms. The van der Waals surface area contributed by atoms with Gasteiger partial charge in [0.2, 0.25) is 0 Å². The van der Waals surface area contributed by atoms with Crippen molar-refractivity contribution >= 4 is 5.97 Å². The van der Waals surface area contributed by atoms with Crippen molar-refractivity contribution < 1.29 is 12.3 Å². The van der Waals surface area contributed by atoms with Crippen LogP contribution in [0.15, 0.2) is 0 Å². The summed E-state index contributed by atoms with van der Waals surface area (Å²) in [5.41, 5.74) is 0. The van der Waals surface area contributed by atoms with E-state index in [2.05, 4.69) is 13.8 Å². The predicted octanol–water partition coefficient (Wildman–Crippen LogP) is 11.5. The molecule has 0 radical (unpaired) electrons. The quantitative estimate of drug-likeness (QED) is 0.0782. The summed E-state index contributed by atoms with van der Waals surface area (Å²) in [7, 11) is 0. The minimum absolute atomic E-state index is 0.328. The zero-order chi connectivity index (χ0) is 26.6. The molecule has 0 aliphatic rings. The minimum Gasteiger partial charge on any atom is -0.466 e. The van der Waals surface area contributed by atoms with E-state index in [1.54, 1.807) is 0 Å². The molecule has 204 valence electrons. The Kier molecular flexibility index (Phi) is 26.6. The highest BCUT2D eigenvalue weighted by molar-refractivity contribution is 5.69. The lowest BCUT2D eigenvalue weighted by Gasteiger charge is -2.06. The fraction of sp³-hybridized carbons (Fsp3) is 0.969. The van der Waals surface area contributed by atoms with Crippen molar-refractivity contribution in [1.82, 2.24) is 0 Å². The average molecular weight is 483 g/mol. The second kappa shape index (κ2) is 30.5. The van der Waals surface area contributed by atoms with E-state index in [4.69, 9.17) is 7.48 Å². The molecule has 0 amide bonds. The van der Waals surface area contributed by atoms with Gasteiger partial charge in [0, 0.05) is 6.42 Å². The fourth-order valence-corrected chi connectivity index (χ4v) is 4.68. The summed E-state index contributed by atoms with van der Waals surface area (Å²) in [4.78, 5) is 12.0. The van der Waals surface area contributed by atoms with Gasteiger partial charge in [-0.05, 0) is 12.8 Å². The standard InChI is InChI=1S/C32H64O2/c1-3-5-7-9-11-13-15-17-19-21-23-25-27-29-31-34-32(33)30-28-26-24-22-20-18-16-14-12-10-8-6-4-2/h3-31H2,1-2H3/i31D2. The van der Waals surface area contributed by atoms with Crippen molar-refractivity contribution in [2.45, 2.75) is 194 Å². The van der Waals surface area contributed by atoms with Crippen LogP contribution in [0.5, 0.6) is 0 Å². The number of esters is 1. The normalized spacial score (nSPS) is 12.5. The molecule has 0 rings (SSSR count). The Bertz CT molecular complexity index is 453. The Morgan fingerprint density at radius 3 is 1.03 bits per heavy atom. The van der Waals surface area contributed by atoms with Crippen LogP contribution in [-0.2, 0) is 9.53 Å². The summed E-state index contributed by atoms with van der Waals surface area (Å²) >= 11 is 0. The minimum atomic E-state index is -1.80. The Hall–Kier alpha value is -0.530. The molecule has 0 saturated heterocycles. The second-order valence-corrected chi connectivity index (χ2v) is 10.6. The first-order chi connectivity index (χ1) is 17.5. The van der Waals surface area contributed by atoms with E-state index in [0.717, 1.165) is 25.7 Å². The van der Waals surface area contributed by atoms with Crippen LogP contribution in [0.25, 0.3) is 0 Å². The molecule has 0 aromatic heterocycles. The summed E-state index contributed by atoms with van der Waals surface area (Å²) in [6, 6.07) is 0. The molecule has 34 heavy (non-hydrogen) atoms. The van der Waals surface area contributed by atoms with Gasteiger partial charge >= 0.3 is 5.97 Å². The smallest absolute Gasteiger partial charge is 0.305 e. The van der Waals surface area contributed by atoms with Crippen LogP contribution < -0.4 is 0 Å². The zero-order valence-electron chi connectivity index (χ0n) is 25.6. The Labute approximate surface area is 218 Å². The van der Waals surface area contributed by atoms with Crippen molar-refractivity contribution in [2.75, 3.05) is 6.56 Å². The van der Waals surface area contributed by atoms with Crippen LogP contribution in [0.3, 0.4) is 0 Å². The topological polar surface area (TPSA) is 26.3 Å².